The van der Waals surface area contributed by atoms with E-state index in [0.717, 1.165) is 56.1 Å². The quantitative estimate of drug-likeness (QED) is 0.172. The van der Waals surface area contributed by atoms with E-state index < -0.39 is 0 Å². The van der Waals surface area contributed by atoms with Gasteiger partial charge in [-0.1, -0.05) is 135 Å². The van der Waals surface area contributed by atoms with Crippen molar-refractivity contribution in [3.8, 4) is 45.3 Å². The van der Waals surface area contributed by atoms with E-state index in [2.05, 4.69) is 182 Å². The van der Waals surface area contributed by atoms with Gasteiger partial charge in [0.1, 0.15) is 17.3 Å². The molecular formula is C50H50N4O. The minimum atomic E-state index is -0.111. The van der Waals surface area contributed by atoms with Gasteiger partial charge in [0.05, 0.1) is 22.9 Å². The molecule has 0 radical (unpaired) electrons. The highest BCUT2D eigenvalue weighted by Crippen LogP contribution is 2.39. The number of nitrogens with zero attached hydrogens (tertiary/aromatic N) is 4. The summed E-state index contributed by atoms with van der Waals surface area (Å²) < 4.78 is 10.8. The molecule has 276 valence electrons. The van der Waals surface area contributed by atoms with Crippen molar-refractivity contribution in [2.45, 2.75) is 78.6 Å². The summed E-state index contributed by atoms with van der Waals surface area (Å²) in [4.78, 5) is 5.15. The maximum atomic E-state index is 6.59. The van der Waals surface area contributed by atoms with Gasteiger partial charge < -0.3 is 4.74 Å². The van der Waals surface area contributed by atoms with Gasteiger partial charge in [0.25, 0.3) is 0 Å². The number of hydrogen-bond donors (Lipinski definition) is 0. The van der Waals surface area contributed by atoms with Crippen LogP contribution in [0.3, 0.4) is 0 Å². The van der Waals surface area contributed by atoms with Gasteiger partial charge >= 0.3 is 0 Å². The second kappa shape index (κ2) is 13.4. The lowest BCUT2D eigenvalue weighted by molar-refractivity contribution is 0.483. The van der Waals surface area contributed by atoms with Gasteiger partial charge in [-0.25, -0.2) is 9.67 Å². The summed E-state index contributed by atoms with van der Waals surface area (Å²) in [7, 11) is 0. The van der Waals surface area contributed by atoms with Crippen LogP contribution in [0.15, 0.2) is 140 Å². The molecule has 0 spiro atoms. The highest BCUT2D eigenvalue weighted by Gasteiger charge is 2.23. The number of ether oxygens (including phenoxy) is 1. The number of benzene rings is 5. The molecular weight excluding hydrogens is 673 g/mol. The third-order valence-electron chi connectivity index (χ3n) is 10.6. The Morgan fingerprint density at radius 3 is 1.82 bits per heavy atom. The molecule has 3 heterocycles. The fourth-order valence-corrected chi connectivity index (χ4v) is 7.43. The molecule has 5 aromatic carbocycles. The van der Waals surface area contributed by atoms with Crippen molar-refractivity contribution in [2.24, 2.45) is 0 Å². The van der Waals surface area contributed by atoms with E-state index >= 15 is 0 Å². The molecule has 0 saturated heterocycles. The minimum absolute atomic E-state index is 0.0962. The topological polar surface area (TPSA) is 44.9 Å². The zero-order chi connectivity index (χ0) is 38.7. The van der Waals surface area contributed by atoms with Gasteiger partial charge in [0, 0.05) is 46.4 Å². The lowest BCUT2D eigenvalue weighted by Crippen LogP contribution is -2.15. The van der Waals surface area contributed by atoms with E-state index in [0.29, 0.717) is 0 Å². The molecule has 0 aliphatic rings. The molecule has 0 saturated carbocycles. The van der Waals surface area contributed by atoms with Gasteiger partial charge in [0.15, 0.2) is 0 Å². The summed E-state index contributed by atoms with van der Waals surface area (Å²) in [5, 5.41) is 7.03. The third-order valence-corrected chi connectivity index (χ3v) is 10.6. The number of fused-ring (bicyclic) bond motifs is 3. The van der Waals surface area contributed by atoms with Crippen LogP contribution in [-0.2, 0) is 16.2 Å². The van der Waals surface area contributed by atoms with Crippen LogP contribution in [-0.4, -0.2) is 19.3 Å². The summed E-state index contributed by atoms with van der Waals surface area (Å²) in [6.45, 7) is 20.3. The first-order valence-corrected chi connectivity index (χ1v) is 19.2. The van der Waals surface area contributed by atoms with Crippen molar-refractivity contribution >= 4 is 21.8 Å². The zero-order valence-corrected chi connectivity index (χ0v) is 33.5. The maximum Gasteiger partial charge on any atom is 0.137 e. The van der Waals surface area contributed by atoms with Crippen molar-refractivity contribution < 1.29 is 4.74 Å². The van der Waals surface area contributed by atoms with Crippen LogP contribution in [0, 0.1) is 0 Å². The van der Waals surface area contributed by atoms with Gasteiger partial charge in [-0.2, -0.15) is 5.10 Å². The number of rotatable bonds is 6. The van der Waals surface area contributed by atoms with Crippen LogP contribution in [0.25, 0.3) is 55.6 Å². The predicted octanol–water partition coefficient (Wildman–Crippen LogP) is 13.4. The van der Waals surface area contributed by atoms with Crippen LogP contribution in [0.5, 0.6) is 11.5 Å². The zero-order valence-electron chi connectivity index (χ0n) is 33.5. The lowest BCUT2D eigenvalue weighted by atomic mass is 9.81. The van der Waals surface area contributed by atoms with E-state index in [9.17, 15) is 0 Å². The van der Waals surface area contributed by atoms with Crippen molar-refractivity contribution in [1.82, 2.24) is 19.3 Å². The SMILES string of the molecule is CC(C)(C)c1ccc(-c2cnn(-c3cccc(Oc4ccc5c6ccccc6n(-c6cc(C(C)(C)C)c(-c7ccc(C(C)(C)C)cc7)cn6)c5c4)c3)c2)cc1. The first-order valence-electron chi connectivity index (χ1n) is 19.2. The Labute approximate surface area is 325 Å². The van der Waals surface area contributed by atoms with E-state index in [-0.39, 0.29) is 16.2 Å². The van der Waals surface area contributed by atoms with E-state index in [1.54, 1.807) is 0 Å². The molecule has 8 aromatic rings. The molecule has 0 amide bonds. The lowest BCUT2D eigenvalue weighted by Gasteiger charge is -2.25. The molecule has 3 aromatic heterocycles. The summed E-state index contributed by atoms with van der Waals surface area (Å²) in [5.41, 5.74) is 11.6. The number of pyridine rings is 1. The molecule has 0 unspecified atom stereocenters. The summed E-state index contributed by atoms with van der Waals surface area (Å²) >= 11 is 0. The highest BCUT2D eigenvalue weighted by molar-refractivity contribution is 6.09. The average Bonchev–Trinajstić information content (AvgIpc) is 3.78. The monoisotopic (exact) mass is 722 g/mol. The van der Waals surface area contributed by atoms with Gasteiger partial charge in [-0.15, -0.1) is 0 Å². The van der Waals surface area contributed by atoms with Crippen LogP contribution >= 0.6 is 0 Å². The molecule has 0 atom stereocenters. The largest absolute Gasteiger partial charge is 0.457 e. The van der Waals surface area contributed by atoms with Gasteiger partial charge in [-0.05, 0) is 80.5 Å². The van der Waals surface area contributed by atoms with E-state index in [4.69, 9.17) is 14.8 Å². The first kappa shape index (κ1) is 36.1. The van der Waals surface area contributed by atoms with Gasteiger partial charge in [-0.3, -0.25) is 4.57 Å². The molecule has 5 heteroatoms. The van der Waals surface area contributed by atoms with Crippen LogP contribution < -0.4 is 4.74 Å². The summed E-state index contributed by atoms with van der Waals surface area (Å²) in [6.07, 6.45) is 6.04. The van der Waals surface area contributed by atoms with Crippen molar-refractivity contribution in [1.29, 1.82) is 0 Å². The summed E-state index contributed by atoms with van der Waals surface area (Å²) in [6, 6.07) is 43.0. The predicted molar refractivity (Wildman–Crippen MR) is 229 cm³/mol. The standard InChI is InChI=1S/C50H50N4O/c1-48(2,3)36-21-17-33(18-22-36)35-30-52-53(32-35)38-13-12-14-39(27-38)55-40-25-26-42-41-15-10-11-16-45(41)54(46(42)28-40)47-29-44(50(7,8)9)43(31-51-47)34-19-23-37(24-20-34)49(4,5)6/h10-32H,1-9H3. The minimum Gasteiger partial charge on any atom is -0.457 e. The molecule has 0 aliphatic heterocycles. The molecule has 0 N–H and O–H groups in total. The molecule has 5 nitrogen and oxygen atoms in total. The Morgan fingerprint density at radius 2 is 1.15 bits per heavy atom. The first-order chi connectivity index (χ1) is 26.1. The normalized spacial score (nSPS) is 12.5. The van der Waals surface area contributed by atoms with Crippen LogP contribution in [0.4, 0.5) is 0 Å². The van der Waals surface area contributed by atoms with Crippen molar-refractivity contribution in [3.63, 3.8) is 0 Å². The fraction of sp³-hybridized carbons (Fsp3) is 0.240. The Balaban J connectivity index is 1.14. The second-order valence-corrected chi connectivity index (χ2v) is 17.8. The highest BCUT2D eigenvalue weighted by atomic mass is 16.5. The number of para-hydroxylation sites is 1. The molecule has 0 aliphatic carbocycles. The molecule has 55 heavy (non-hydrogen) atoms. The third kappa shape index (κ3) is 7.07. The van der Waals surface area contributed by atoms with Crippen LogP contribution in [0.1, 0.15) is 79.0 Å². The Hall–Kier alpha value is -5.94. The van der Waals surface area contributed by atoms with Crippen LogP contribution in [0.2, 0.25) is 0 Å². The smallest absolute Gasteiger partial charge is 0.137 e. The second-order valence-electron chi connectivity index (χ2n) is 17.8. The Kier molecular flexibility index (Phi) is 8.80. The number of aromatic nitrogens is 4. The van der Waals surface area contributed by atoms with Crippen molar-refractivity contribution in [2.75, 3.05) is 0 Å². The molecule has 8 rings (SSSR count). The van der Waals surface area contributed by atoms with Gasteiger partial charge in [0.2, 0.25) is 0 Å². The average molecular weight is 723 g/mol. The number of hydrogen-bond acceptors (Lipinski definition) is 3. The fourth-order valence-electron chi connectivity index (χ4n) is 7.43. The summed E-state index contributed by atoms with van der Waals surface area (Å²) in [5.74, 6) is 2.37. The maximum absolute atomic E-state index is 6.59. The molecule has 0 bridgehead atoms. The Bertz CT molecular complexity index is 2660. The Morgan fingerprint density at radius 1 is 0.509 bits per heavy atom. The molecule has 0 fully saturated rings. The van der Waals surface area contributed by atoms with Crippen molar-refractivity contribution in [3.05, 3.63) is 157 Å². The van der Waals surface area contributed by atoms with E-state index in [1.165, 1.54) is 27.6 Å². The van der Waals surface area contributed by atoms with E-state index in [1.807, 2.05) is 29.1 Å².